The quantitative estimate of drug-likeness (QED) is 0.120. The van der Waals surface area contributed by atoms with Crippen LogP contribution >= 0.6 is 0 Å². The highest BCUT2D eigenvalue weighted by Crippen LogP contribution is 2.67. The largest absolute Gasteiger partial charge is 0.0737 e. The van der Waals surface area contributed by atoms with E-state index >= 15 is 0 Å². The zero-order valence-electron chi connectivity index (χ0n) is 36.8. The Kier molecular flexibility index (Phi) is 7.04. The van der Waals surface area contributed by atoms with E-state index in [4.69, 9.17) is 0 Å². The van der Waals surface area contributed by atoms with Gasteiger partial charge in [0.25, 0.3) is 0 Å². The topological polar surface area (TPSA) is 0 Å². The molecule has 66 heavy (non-hydrogen) atoms. The lowest BCUT2D eigenvalue weighted by Gasteiger charge is -2.33. The highest BCUT2D eigenvalue weighted by Gasteiger charge is 2.54. The fraction of sp³-hybridized carbons (Fsp3) is 0.0606. The van der Waals surface area contributed by atoms with E-state index in [9.17, 15) is 0 Å². The number of fused-ring (bicyclic) bond motifs is 22. The van der Waals surface area contributed by atoms with Crippen molar-refractivity contribution in [1.82, 2.24) is 0 Å². The summed E-state index contributed by atoms with van der Waals surface area (Å²) < 4.78 is 0. The first-order valence-corrected chi connectivity index (χ1v) is 23.4. The first kappa shape index (κ1) is 36.3. The van der Waals surface area contributed by atoms with E-state index in [1.807, 2.05) is 0 Å². The predicted molar refractivity (Wildman–Crippen MR) is 279 cm³/mol. The van der Waals surface area contributed by atoms with Crippen molar-refractivity contribution in [2.75, 3.05) is 0 Å². The average Bonchev–Trinajstić information content (AvgIpc) is 3.94. The summed E-state index contributed by atoms with van der Waals surface area (Å²) in [5, 5.41) is 12.9. The summed E-state index contributed by atoms with van der Waals surface area (Å²) in [6.07, 6.45) is 0. The fourth-order valence-electron chi connectivity index (χ4n) is 13.5. The van der Waals surface area contributed by atoms with Gasteiger partial charge < -0.3 is 0 Å². The Balaban J connectivity index is 1.10. The van der Waals surface area contributed by atoms with Gasteiger partial charge in [-0.1, -0.05) is 220 Å². The van der Waals surface area contributed by atoms with Gasteiger partial charge in [0.2, 0.25) is 0 Å². The van der Waals surface area contributed by atoms with E-state index in [0.29, 0.717) is 0 Å². The Morgan fingerprint density at radius 2 is 0.636 bits per heavy atom. The van der Waals surface area contributed by atoms with E-state index in [0.717, 1.165) is 0 Å². The molecule has 0 radical (unpaired) electrons. The van der Waals surface area contributed by atoms with Gasteiger partial charge in [0.1, 0.15) is 0 Å². The van der Waals surface area contributed by atoms with Crippen molar-refractivity contribution in [3.8, 4) is 55.6 Å². The molecule has 306 valence electrons. The molecular weight excluding hydrogens is 793 g/mol. The van der Waals surface area contributed by atoms with Crippen LogP contribution in [0.2, 0.25) is 0 Å². The van der Waals surface area contributed by atoms with Crippen LogP contribution in [-0.4, -0.2) is 0 Å². The molecule has 0 unspecified atom stereocenters. The van der Waals surface area contributed by atoms with Crippen LogP contribution in [0.15, 0.2) is 218 Å². The summed E-state index contributed by atoms with van der Waals surface area (Å²) >= 11 is 0. The summed E-state index contributed by atoms with van der Waals surface area (Å²) in [6, 6.07) is 83.3. The van der Waals surface area contributed by atoms with E-state index < -0.39 is 5.41 Å². The SMILES string of the molecule is CC1(C)c2ccccc2-c2ccc(-c3c4ccccc4c(-c4cc5c(c6ccccc46)C4(c6ccccc6-c6ccccc64)c4c-5c5ccccc5c5ccccc45)c4ccccc34)cc21. The molecule has 0 aromatic heterocycles. The second-order valence-corrected chi connectivity index (χ2v) is 19.3. The first-order valence-electron chi connectivity index (χ1n) is 23.4. The lowest BCUT2D eigenvalue weighted by molar-refractivity contribution is 0.660. The molecular formula is C66H42. The summed E-state index contributed by atoms with van der Waals surface area (Å²) in [7, 11) is 0. The van der Waals surface area contributed by atoms with Gasteiger partial charge in [-0.2, -0.15) is 0 Å². The molecule has 12 aromatic carbocycles. The van der Waals surface area contributed by atoms with Gasteiger partial charge in [-0.25, -0.2) is 0 Å². The monoisotopic (exact) mass is 834 g/mol. The van der Waals surface area contributed by atoms with Crippen LogP contribution < -0.4 is 0 Å². The van der Waals surface area contributed by atoms with Crippen molar-refractivity contribution in [2.24, 2.45) is 0 Å². The normalized spacial score (nSPS) is 14.5. The summed E-state index contributed by atoms with van der Waals surface area (Å²) in [4.78, 5) is 0. The van der Waals surface area contributed by atoms with E-state index in [2.05, 4.69) is 232 Å². The van der Waals surface area contributed by atoms with Crippen LogP contribution in [0.5, 0.6) is 0 Å². The fourth-order valence-corrected chi connectivity index (χ4v) is 13.5. The van der Waals surface area contributed by atoms with Crippen LogP contribution in [0.3, 0.4) is 0 Å². The minimum atomic E-state index is -0.533. The second-order valence-electron chi connectivity index (χ2n) is 19.3. The summed E-state index contributed by atoms with van der Waals surface area (Å²) in [6.45, 7) is 4.77. The molecule has 0 heterocycles. The zero-order valence-corrected chi connectivity index (χ0v) is 36.8. The molecule has 0 saturated heterocycles. The summed E-state index contributed by atoms with van der Waals surface area (Å²) in [5.41, 5.74) is 20.8. The number of rotatable bonds is 2. The maximum Gasteiger partial charge on any atom is 0.0737 e. The number of hydrogen-bond donors (Lipinski definition) is 0. The van der Waals surface area contributed by atoms with E-state index in [-0.39, 0.29) is 5.41 Å². The molecule has 1 spiro atoms. The molecule has 0 amide bonds. The van der Waals surface area contributed by atoms with Gasteiger partial charge in [0.05, 0.1) is 5.41 Å². The minimum Gasteiger partial charge on any atom is -0.0619 e. The molecule has 3 aliphatic rings. The van der Waals surface area contributed by atoms with Crippen molar-refractivity contribution in [1.29, 1.82) is 0 Å². The van der Waals surface area contributed by atoms with Gasteiger partial charge in [0, 0.05) is 5.41 Å². The Morgan fingerprint density at radius 1 is 0.242 bits per heavy atom. The van der Waals surface area contributed by atoms with E-state index in [1.54, 1.807) is 0 Å². The average molecular weight is 835 g/mol. The lowest BCUT2D eigenvalue weighted by atomic mass is 9.68. The molecule has 0 fully saturated rings. The summed E-state index contributed by atoms with van der Waals surface area (Å²) in [5.74, 6) is 0. The van der Waals surface area contributed by atoms with Gasteiger partial charge in [0.15, 0.2) is 0 Å². The molecule has 0 saturated carbocycles. The predicted octanol–water partition coefficient (Wildman–Crippen LogP) is 17.4. The Hall–Kier alpha value is -8.06. The minimum absolute atomic E-state index is 0.0969. The third-order valence-electron chi connectivity index (χ3n) is 16.0. The molecule has 12 aromatic rings. The maximum atomic E-state index is 2.61. The van der Waals surface area contributed by atoms with Gasteiger partial charge in [-0.05, 0) is 155 Å². The molecule has 0 aliphatic heterocycles. The first-order chi connectivity index (χ1) is 32.5. The highest BCUT2D eigenvalue weighted by atomic mass is 14.5. The molecule has 3 aliphatic carbocycles. The van der Waals surface area contributed by atoms with Crippen LogP contribution in [-0.2, 0) is 10.8 Å². The number of benzene rings is 12. The molecule has 0 N–H and O–H groups in total. The van der Waals surface area contributed by atoms with Gasteiger partial charge >= 0.3 is 0 Å². The van der Waals surface area contributed by atoms with Crippen LogP contribution in [0, 0.1) is 0 Å². The van der Waals surface area contributed by atoms with Crippen molar-refractivity contribution < 1.29 is 0 Å². The molecule has 15 rings (SSSR count). The van der Waals surface area contributed by atoms with Crippen molar-refractivity contribution in [3.63, 3.8) is 0 Å². The van der Waals surface area contributed by atoms with Gasteiger partial charge in [-0.3, -0.25) is 0 Å². The third kappa shape index (κ3) is 4.35. The van der Waals surface area contributed by atoms with Gasteiger partial charge in [-0.15, -0.1) is 0 Å². The standard InChI is InChI=1S/C66H42/c1-65(2)56-32-16-13-22-43(56)46-36-35-39(37-59(46)65)60-48-26-7-9-28-50(48)61(51-29-10-8-27-49(51)60)54-38-55-62-47-25-6-3-19-40(47)41-20-4-12-31-53(41)64(62)66(63(55)52-30-11-5-21-42(52)54)57-33-17-14-23-44(57)45-24-15-18-34-58(45)66/h3-38H,1-2H3. The van der Waals surface area contributed by atoms with Crippen LogP contribution in [0.25, 0.3) is 109 Å². The Labute approximate surface area is 384 Å². The second kappa shape index (κ2) is 12.8. The zero-order chi connectivity index (χ0) is 43.5. The van der Waals surface area contributed by atoms with Crippen molar-refractivity contribution >= 4 is 53.9 Å². The van der Waals surface area contributed by atoms with E-state index in [1.165, 1.54) is 143 Å². The van der Waals surface area contributed by atoms with Crippen LogP contribution in [0.4, 0.5) is 0 Å². The Morgan fingerprint density at radius 3 is 1.21 bits per heavy atom. The molecule has 0 bridgehead atoms. The Bertz CT molecular complexity index is 4040. The van der Waals surface area contributed by atoms with Crippen molar-refractivity contribution in [2.45, 2.75) is 24.7 Å². The molecule has 0 atom stereocenters. The van der Waals surface area contributed by atoms with Crippen LogP contribution in [0.1, 0.15) is 47.2 Å². The number of hydrogen-bond acceptors (Lipinski definition) is 0. The molecule has 0 nitrogen and oxygen atoms in total. The third-order valence-corrected chi connectivity index (χ3v) is 16.0. The smallest absolute Gasteiger partial charge is 0.0619 e. The lowest BCUT2D eigenvalue weighted by Crippen LogP contribution is -2.26. The highest BCUT2D eigenvalue weighted by molar-refractivity contribution is 6.27. The maximum absolute atomic E-state index is 2.61. The molecule has 0 heteroatoms. The van der Waals surface area contributed by atoms with Crippen molar-refractivity contribution in [3.05, 3.63) is 252 Å².